The zero-order valence-corrected chi connectivity index (χ0v) is 18.5. The molecule has 4 amide bonds. The van der Waals surface area contributed by atoms with Crippen molar-refractivity contribution < 1.29 is 19.1 Å². The van der Waals surface area contributed by atoms with Gasteiger partial charge in [0.1, 0.15) is 11.3 Å². The molecule has 1 aliphatic heterocycles. The van der Waals surface area contributed by atoms with Crippen molar-refractivity contribution in [2.45, 2.75) is 51.0 Å². The van der Waals surface area contributed by atoms with Crippen molar-refractivity contribution in [2.75, 3.05) is 19.0 Å². The number of methoxy groups -OCH3 is 1. The lowest BCUT2D eigenvalue weighted by Crippen LogP contribution is -2.44. The normalized spacial score (nSPS) is 17.3. The molecule has 1 aromatic carbocycles. The summed E-state index contributed by atoms with van der Waals surface area (Å²) in [5.41, 5.74) is 1.08. The molecule has 1 aliphatic carbocycles. The van der Waals surface area contributed by atoms with Crippen molar-refractivity contribution >= 4 is 34.3 Å². The smallest absolute Gasteiger partial charge is 0.325 e. The molecule has 0 unspecified atom stereocenters. The summed E-state index contributed by atoms with van der Waals surface area (Å²) in [6, 6.07) is 7.27. The fourth-order valence-electron chi connectivity index (χ4n) is 4.24. The largest absolute Gasteiger partial charge is 0.497 e. The van der Waals surface area contributed by atoms with Gasteiger partial charge >= 0.3 is 6.03 Å². The van der Waals surface area contributed by atoms with Crippen LogP contribution in [0.25, 0.3) is 11.3 Å². The molecule has 31 heavy (non-hydrogen) atoms. The molecule has 2 heterocycles. The fourth-order valence-corrected chi connectivity index (χ4v) is 5.09. The molecule has 2 N–H and O–H groups in total. The second-order valence-electron chi connectivity index (χ2n) is 7.98. The lowest BCUT2D eigenvalue weighted by molar-refractivity contribution is -0.131. The minimum absolute atomic E-state index is 0.143. The molecule has 2 fully saturated rings. The van der Waals surface area contributed by atoms with Gasteiger partial charge in [-0.3, -0.25) is 14.5 Å². The number of hydrogen-bond donors (Lipinski definition) is 2. The molecule has 1 saturated heterocycles. The van der Waals surface area contributed by atoms with E-state index >= 15 is 0 Å². The second-order valence-corrected chi connectivity index (χ2v) is 9.18. The number of rotatable bonds is 7. The molecule has 1 spiro atoms. The van der Waals surface area contributed by atoms with E-state index in [0.717, 1.165) is 34.7 Å². The van der Waals surface area contributed by atoms with Crippen LogP contribution in [0.1, 0.15) is 43.4 Å². The van der Waals surface area contributed by atoms with Crippen molar-refractivity contribution in [3.63, 3.8) is 0 Å². The molecule has 0 bridgehead atoms. The summed E-state index contributed by atoms with van der Waals surface area (Å²) >= 11 is 1.42. The van der Waals surface area contributed by atoms with Crippen LogP contribution >= 0.6 is 11.3 Å². The quantitative estimate of drug-likeness (QED) is 0.637. The number of ether oxygens (including phenoxy) is 1. The number of carbonyl (C=O) groups excluding carboxylic acids is 3. The minimum atomic E-state index is -0.699. The van der Waals surface area contributed by atoms with Gasteiger partial charge in [0.05, 0.1) is 12.8 Å². The van der Waals surface area contributed by atoms with E-state index in [-0.39, 0.29) is 30.8 Å². The molecule has 164 valence electrons. The molecular formula is C22H26N4O4S. The van der Waals surface area contributed by atoms with Crippen LogP contribution in [0.5, 0.6) is 5.75 Å². The Kier molecular flexibility index (Phi) is 5.95. The fraction of sp³-hybridized carbons (Fsp3) is 0.455. The van der Waals surface area contributed by atoms with Crippen LogP contribution in [0.4, 0.5) is 9.93 Å². The molecule has 1 aromatic heterocycles. The second kappa shape index (κ2) is 8.66. The first-order valence-electron chi connectivity index (χ1n) is 10.5. The summed E-state index contributed by atoms with van der Waals surface area (Å²) in [4.78, 5) is 44.0. The van der Waals surface area contributed by atoms with Gasteiger partial charge in [-0.15, -0.1) is 11.3 Å². The summed E-state index contributed by atoms with van der Waals surface area (Å²) in [7, 11) is 1.62. The number of thiazole rings is 1. The summed E-state index contributed by atoms with van der Waals surface area (Å²) in [6.07, 6.45) is 3.93. The standard InChI is InChI=1S/C22H26N4O4S/c1-14-18(15-7-9-16(30-2)10-8-15)24-20(31-14)23-17(27)6-5-13-26-19(28)22(25-21(26)29)11-3-4-12-22/h7-10H,3-6,11-13H2,1-2H3,(H,25,29)(H,23,24,27). The summed E-state index contributed by atoms with van der Waals surface area (Å²) in [5.74, 6) is 0.446. The maximum atomic E-state index is 12.6. The predicted octanol–water partition coefficient (Wildman–Crippen LogP) is 3.71. The monoisotopic (exact) mass is 442 g/mol. The number of imide groups is 1. The zero-order chi connectivity index (χ0) is 22.0. The maximum Gasteiger partial charge on any atom is 0.325 e. The maximum absolute atomic E-state index is 12.6. The Labute approximate surface area is 185 Å². The van der Waals surface area contributed by atoms with E-state index in [2.05, 4.69) is 15.6 Å². The average Bonchev–Trinajstić information content (AvgIpc) is 3.43. The molecular weight excluding hydrogens is 416 g/mol. The van der Waals surface area contributed by atoms with E-state index in [1.54, 1.807) is 7.11 Å². The number of aryl methyl sites for hydroxylation is 1. The van der Waals surface area contributed by atoms with Gasteiger partial charge in [0.2, 0.25) is 5.91 Å². The van der Waals surface area contributed by atoms with Crippen LogP contribution in [0.2, 0.25) is 0 Å². The van der Waals surface area contributed by atoms with Gasteiger partial charge in [-0.1, -0.05) is 12.8 Å². The number of urea groups is 1. The molecule has 0 atom stereocenters. The first-order valence-corrected chi connectivity index (χ1v) is 11.3. The third-order valence-corrected chi connectivity index (χ3v) is 6.78. The highest BCUT2D eigenvalue weighted by Crippen LogP contribution is 2.35. The Morgan fingerprint density at radius 1 is 1.26 bits per heavy atom. The highest BCUT2D eigenvalue weighted by molar-refractivity contribution is 7.16. The third kappa shape index (κ3) is 4.27. The number of carbonyl (C=O) groups is 3. The van der Waals surface area contributed by atoms with E-state index in [4.69, 9.17) is 4.74 Å². The molecule has 4 rings (SSSR count). The van der Waals surface area contributed by atoms with Crippen molar-refractivity contribution in [2.24, 2.45) is 0 Å². The van der Waals surface area contributed by atoms with E-state index in [1.807, 2.05) is 31.2 Å². The number of amides is 4. The Balaban J connectivity index is 1.30. The van der Waals surface area contributed by atoms with Crippen LogP contribution in [0.15, 0.2) is 24.3 Å². The Bertz CT molecular complexity index is 995. The van der Waals surface area contributed by atoms with Crippen LogP contribution in [0, 0.1) is 6.92 Å². The topological polar surface area (TPSA) is 101 Å². The SMILES string of the molecule is COc1ccc(-c2nc(NC(=O)CCCN3C(=O)NC4(CCCC4)C3=O)sc2C)cc1. The number of nitrogens with zero attached hydrogens (tertiary/aromatic N) is 2. The first-order chi connectivity index (χ1) is 14.9. The van der Waals surface area contributed by atoms with Crippen LogP contribution in [-0.2, 0) is 9.59 Å². The van der Waals surface area contributed by atoms with Gasteiger partial charge < -0.3 is 15.4 Å². The van der Waals surface area contributed by atoms with E-state index in [0.29, 0.717) is 24.4 Å². The highest BCUT2D eigenvalue weighted by atomic mass is 32.1. The first kappa shape index (κ1) is 21.3. The predicted molar refractivity (Wildman–Crippen MR) is 118 cm³/mol. The van der Waals surface area contributed by atoms with Gasteiger partial charge in [-0.05, 0) is 50.5 Å². The molecule has 2 aliphatic rings. The molecule has 9 heteroatoms. The van der Waals surface area contributed by atoms with E-state index in [9.17, 15) is 14.4 Å². The van der Waals surface area contributed by atoms with Crippen molar-refractivity contribution in [3.8, 4) is 17.0 Å². The number of benzene rings is 1. The highest BCUT2D eigenvalue weighted by Gasteiger charge is 2.52. The number of aromatic nitrogens is 1. The molecule has 8 nitrogen and oxygen atoms in total. The zero-order valence-electron chi connectivity index (χ0n) is 17.7. The van der Waals surface area contributed by atoms with Crippen molar-refractivity contribution in [3.05, 3.63) is 29.1 Å². The summed E-state index contributed by atoms with van der Waals surface area (Å²) in [5, 5.41) is 6.23. The van der Waals surface area contributed by atoms with E-state index in [1.165, 1.54) is 16.2 Å². The Hall–Kier alpha value is -2.94. The lowest BCUT2D eigenvalue weighted by Gasteiger charge is -2.19. The molecule has 0 radical (unpaired) electrons. The lowest BCUT2D eigenvalue weighted by atomic mass is 9.98. The molecule has 1 saturated carbocycles. The van der Waals surface area contributed by atoms with Crippen LogP contribution in [0.3, 0.4) is 0 Å². The number of hydrogen-bond acceptors (Lipinski definition) is 6. The van der Waals surface area contributed by atoms with Crippen molar-refractivity contribution in [1.29, 1.82) is 0 Å². The van der Waals surface area contributed by atoms with Gasteiger partial charge in [-0.25, -0.2) is 9.78 Å². The van der Waals surface area contributed by atoms with E-state index < -0.39 is 5.54 Å². The number of nitrogens with one attached hydrogen (secondary N) is 2. The van der Waals surface area contributed by atoms with Gasteiger partial charge in [0, 0.05) is 23.4 Å². The number of anilines is 1. The molecule has 2 aromatic rings. The van der Waals surface area contributed by atoms with Crippen LogP contribution < -0.4 is 15.4 Å². The Morgan fingerprint density at radius 3 is 2.65 bits per heavy atom. The Morgan fingerprint density at radius 2 is 1.97 bits per heavy atom. The average molecular weight is 443 g/mol. The minimum Gasteiger partial charge on any atom is -0.497 e. The van der Waals surface area contributed by atoms with Gasteiger partial charge in [0.25, 0.3) is 5.91 Å². The summed E-state index contributed by atoms with van der Waals surface area (Å²) in [6.45, 7) is 2.21. The third-order valence-electron chi connectivity index (χ3n) is 5.89. The van der Waals surface area contributed by atoms with Crippen LogP contribution in [-0.4, -0.2) is 46.9 Å². The van der Waals surface area contributed by atoms with Gasteiger partial charge in [0.15, 0.2) is 5.13 Å². The van der Waals surface area contributed by atoms with Crippen molar-refractivity contribution in [1.82, 2.24) is 15.2 Å². The summed E-state index contributed by atoms with van der Waals surface area (Å²) < 4.78 is 5.18. The van der Waals surface area contributed by atoms with Gasteiger partial charge in [-0.2, -0.15) is 0 Å².